The molecule has 1 aromatic rings. The minimum absolute atomic E-state index is 0.126. The molecule has 2 N–H and O–H groups in total. The molecule has 0 amide bonds. The zero-order valence-corrected chi connectivity index (χ0v) is 13.0. The third-order valence-electron chi connectivity index (χ3n) is 4.00. The average Bonchev–Trinajstić information content (AvgIpc) is 2.38. The molecule has 0 bridgehead atoms. The van der Waals surface area contributed by atoms with E-state index in [9.17, 15) is 0 Å². The molecular formula is C17H28N2. The number of nitrogens with two attached hydrogens (primary N) is 1. The molecule has 0 radical (unpaired) electrons. The van der Waals surface area contributed by atoms with Crippen LogP contribution in [0.5, 0.6) is 0 Å². The maximum atomic E-state index is 6.25. The minimum atomic E-state index is -0.126. The van der Waals surface area contributed by atoms with Crippen LogP contribution in [0.4, 0.5) is 5.69 Å². The van der Waals surface area contributed by atoms with E-state index in [0.29, 0.717) is 5.92 Å². The molecule has 0 spiro atoms. The highest BCUT2D eigenvalue weighted by Gasteiger charge is 2.20. The number of rotatable bonds is 6. The Kier molecular flexibility index (Phi) is 5.61. The Hall–Kier alpha value is -1.28. The lowest BCUT2D eigenvalue weighted by atomic mass is 9.86. The fourth-order valence-electron chi connectivity index (χ4n) is 1.71. The highest BCUT2D eigenvalue weighted by atomic mass is 15.1. The highest BCUT2D eigenvalue weighted by molar-refractivity contribution is 5.55. The number of hydrogen-bond acceptors (Lipinski definition) is 2. The molecule has 0 aliphatic rings. The van der Waals surface area contributed by atoms with Gasteiger partial charge in [0, 0.05) is 24.8 Å². The van der Waals surface area contributed by atoms with Crippen molar-refractivity contribution in [2.24, 2.45) is 11.7 Å². The van der Waals surface area contributed by atoms with Gasteiger partial charge in [0.15, 0.2) is 0 Å². The predicted octanol–water partition coefficient (Wildman–Crippen LogP) is 3.92. The molecule has 19 heavy (non-hydrogen) atoms. The van der Waals surface area contributed by atoms with Crippen LogP contribution in [0, 0.1) is 5.92 Å². The number of benzene rings is 1. The lowest BCUT2D eigenvalue weighted by Crippen LogP contribution is -2.40. The number of hydrogen-bond donors (Lipinski definition) is 1. The van der Waals surface area contributed by atoms with Crippen molar-refractivity contribution in [3.05, 3.63) is 35.9 Å². The van der Waals surface area contributed by atoms with Gasteiger partial charge in [-0.1, -0.05) is 38.1 Å². The van der Waals surface area contributed by atoms with Crippen LogP contribution in [0.2, 0.25) is 0 Å². The Morgan fingerprint density at radius 3 is 2.32 bits per heavy atom. The van der Waals surface area contributed by atoms with E-state index in [1.165, 1.54) is 11.3 Å². The summed E-state index contributed by atoms with van der Waals surface area (Å²) in [7, 11) is 2.10. The fraction of sp³-hybridized carbons (Fsp3) is 0.529. The lowest BCUT2D eigenvalue weighted by molar-refractivity contribution is 0.344. The monoisotopic (exact) mass is 260 g/mol. The Morgan fingerprint density at radius 1 is 1.26 bits per heavy atom. The van der Waals surface area contributed by atoms with Crippen molar-refractivity contribution in [3.8, 4) is 0 Å². The van der Waals surface area contributed by atoms with Crippen molar-refractivity contribution in [1.82, 2.24) is 0 Å². The molecule has 0 aliphatic carbocycles. The molecule has 0 heterocycles. The van der Waals surface area contributed by atoms with Gasteiger partial charge in [0.1, 0.15) is 0 Å². The summed E-state index contributed by atoms with van der Waals surface area (Å²) in [4.78, 5) is 2.23. The second-order valence-electron chi connectivity index (χ2n) is 5.87. The SMILES string of the molecule is CCN(C)c1ccc(/C=C/CC(C)(N)C(C)C)cc1. The number of nitrogens with zero attached hydrogens (tertiary/aromatic N) is 1. The largest absolute Gasteiger partial charge is 0.375 e. The van der Waals surface area contributed by atoms with Crippen molar-refractivity contribution in [2.75, 3.05) is 18.5 Å². The van der Waals surface area contributed by atoms with Gasteiger partial charge >= 0.3 is 0 Å². The first-order chi connectivity index (χ1) is 8.86. The van der Waals surface area contributed by atoms with E-state index < -0.39 is 0 Å². The van der Waals surface area contributed by atoms with Gasteiger partial charge in [0.05, 0.1) is 0 Å². The quantitative estimate of drug-likeness (QED) is 0.840. The molecule has 106 valence electrons. The van der Waals surface area contributed by atoms with Crippen LogP contribution in [0.15, 0.2) is 30.3 Å². The topological polar surface area (TPSA) is 29.3 Å². The summed E-state index contributed by atoms with van der Waals surface area (Å²) < 4.78 is 0. The van der Waals surface area contributed by atoms with Crippen LogP contribution in [0.1, 0.15) is 39.7 Å². The Labute approximate surface area is 118 Å². The third-order valence-corrected chi connectivity index (χ3v) is 4.00. The summed E-state index contributed by atoms with van der Waals surface area (Å²) in [6.07, 6.45) is 5.24. The molecule has 0 saturated heterocycles. The first kappa shape index (κ1) is 15.8. The highest BCUT2D eigenvalue weighted by Crippen LogP contribution is 2.19. The summed E-state index contributed by atoms with van der Waals surface area (Å²) in [6, 6.07) is 8.63. The summed E-state index contributed by atoms with van der Waals surface area (Å²) in [5.41, 5.74) is 8.61. The van der Waals surface area contributed by atoms with Crippen LogP contribution in [-0.2, 0) is 0 Å². The van der Waals surface area contributed by atoms with Crippen molar-refractivity contribution in [2.45, 2.75) is 39.7 Å². The average molecular weight is 260 g/mol. The Bertz CT molecular complexity index is 402. The molecule has 2 nitrogen and oxygen atoms in total. The van der Waals surface area contributed by atoms with Crippen molar-refractivity contribution in [3.63, 3.8) is 0 Å². The molecule has 1 atom stereocenters. The van der Waals surface area contributed by atoms with Crippen LogP contribution >= 0.6 is 0 Å². The Balaban J connectivity index is 2.63. The van der Waals surface area contributed by atoms with E-state index >= 15 is 0 Å². The smallest absolute Gasteiger partial charge is 0.0363 e. The van der Waals surface area contributed by atoms with Gasteiger partial charge in [0.2, 0.25) is 0 Å². The van der Waals surface area contributed by atoms with Crippen LogP contribution in [0.3, 0.4) is 0 Å². The van der Waals surface area contributed by atoms with Gasteiger partial charge in [-0.2, -0.15) is 0 Å². The van der Waals surface area contributed by atoms with Gasteiger partial charge in [-0.05, 0) is 43.9 Å². The molecule has 1 rings (SSSR count). The fourth-order valence-corrected chi connectivity index (χ4v) is 1.71. The molecule has 2 heteroatoms. The normalized spacial score (nSPS) is 14.9. The van der Waals surface area contributed by atoms with Gasteiger partial charge in [-0.25, -0.2) is 0 Å². The lowest BCUT2D eigenvalue weighted by Gasteiger charge is -2.27. The van der Waals surface area contributed by atoms with E-state index in [0.717, 1.165) is 13.0 Å². The van der Waals surface area contributed by atoms with Gasteiger partial charge in [0.25, 0.3) is 0 Å². The molecule has 0 aromatic heterocycles. The minimum Gasteiger partial charge on any atom is -0.375 e. The van der Waals surface area contributed by atoms with Crippen molar-refractivity contribution in [1.29, 1.82) is 0 Å². The predicted molar refractivity (Wildman–Crippen MR) is 86.5 cm³/mol. The Morgan fingerprint density at radius 2 is 1.84 bits per heavy atom. The standard InChI is InChI=1S/C17H28N2/c1-6-19(5)16-11-9-15(10-12-16)8-7-13-17(4,18)14(2)3/h7-12,14H,6,13,18H2,1-5H3/b8-7+. The molecule has 1 unspecified atom stereocenters. The zero-order valence-electron chi connectivity index (χ0n) is 13.0. The first-order valence-corrected chi connectivity index (χ1v) is 7.13. The van der Waals surface area contributed by atoms with E-state index in [1.807, 2.05) is 0 Å². The summed E-state index contributed by atoms with van der Waals surface area (Å²) in [5.74, 6) is 0.484. The molecule has 1 aromatic carbocycles. The number of anilines is 1. The summed E-state index contributed by atoms with van der Waals surface area (Å²) in [6.45, 7) is 9.63. The van der Waals surface area contributed by atoms with Crippen LogP contribution in [-0.4, -0.2) is 19.1 Å². The second kappa shape index (κ2) is 6.76. The van der Waals surface area contributed by atoms with E-state index in [4.69, 9.17) is 5.73 Å². The first-order valence-electron chi connectivity index (χ1n) is 7.13. The van der Waals surface area contributed by atoms with Gasteiger partial charge in [-0.3, -0.25) is 0 Å². The van der Waals surface area contributed by atoms with E-state index in [2.05, 4.69) is 76.1 Å². The second-order valence-corrected chi connectivity index (χ2v) is 5.87. The molecule has 0 saturated carbocycles. The third kappa shape index (κ3) is 4.71. The summed E-state index contributed by atoms with van der Waals surface area (Å²) in [5, 5.41) is 0. The molecule has 0 fully saturated rings. The van der Waals surface area contributed by atoms with Crippen molar-refractivity contribution < 1.29 is 0 Å². The van der Waals surface area contributed by atoms with Crippen LogP contribution < -0.4 is 10.6 Å². The maximum Gasteiger partial charge on any atom is 0.0363 e. The molecular weight excluding hydrogens is 232 g/mol. The van der Waals surface area contributed by atoms with Crippen molar-refractivity contribution >= 4 is 11.8 Å². The van der Waals surface area contributed by atoms with Gasteiger partial charge < -0.3 is 10.6 Å². The van der Waals surface area contributed by atoms with E-state index in [1.54, 1.807) is 0 Å². The van der Waals surface area contributed by atoms with Gasteiger partial charge in [-0.15, -0.1) is 0 Å². The zero-order chi connectivity index (χ0) is 14.5. The van der Waals surface area contributed by atoms with E-state index in [-0.39, 0.29) is 5.54 Å². The summed E-state index contributed by atoms with van der Waals surface area (Å²) >= 11 is 0. The maximum absolute atomic E-state index is 6.25. The molecule has 0 aliphatic heterocycles. The van der Waals surface area contributed by atoms with Crippen LogP contribution in [0.25, 0.3) is 6.08 Å².